The number of hydrogen-bond acceptors (Lipinski definition) is 6. The number of nitrogens with zero attached hydrogens (tertiary/aromatic N) is 5. The number of imide groups is 1. The van der Waals surface area contributed by atoms with Gasteiger partial charge in [-0.25, -0.2) is 14.8 Å². The Kier molecular flexibility index (Phi) is 4.21. The summed E-state index contributed by atoms with van der Waals surface area (Å²) in [5.74, 6) is -0.482. The van der Waals surface area contributed by atoms with Gasteiger partial charge in [0.15, 0.2) is 6.54 Å². The zero-order valence-electron chi connectivity index (χ0n) is 13.0. The van der Waals surface area contributed by atoms with E-state index < -0.39 is 18.0 Å². The summed E-state index contributed by atoms with van der Waals surface area (Å²) in [5, 5.41) is 5.78. The molecule has 124 valence electrons. The molecule has 1 fully saturated rings. The van der Waals surface area contributed by atoms with Crippen molar-refractivity contribution in [2.45, 2.75) is 6.04 Å². The zero-order chi connectivity index (χ0) is 17.3. The molecule has 10 heteroatoms. The van der Waals surface area contributed by atoms with Crippen LogP contribution in [0.25, 0.3) is 0 Å². The summed E-state index contributed by atoms with van der Waals surface area (Å²) in [7, 11) is 2.94. The number of fused-ring (bicyclic) bond motifs is 1. The third kappa shape index (κ3) is 2.83. The first-order chi connectivity index (χ1) is 11.5. The van der Waals surface area contributed by atoms with Gasteiger partial charge in [0, 0.05) is 19.0 Å². The maximum absolute atomic E-state index is 12.3. The highest BCUT2D eigenvalue weighted by atomic mass is 32.1. The molecule has 0 radical (unpaired) electrons. The Morgan fingerprint density at radius 3 is 2.96 bits per heavy atom. The second-order valence-corrected chi connectivity index (χ2v) is 6.20. The van der Waals surface area contributed by atoms with Gasteiger partial charge in [-0.3, -0.25) is 19.4 Å². The minimum atomic E-state index is -0.773. The number of carbonyl (C=O) groups excluding carboxylic acids is 3. The van der Waals surface area contributed by atoms with Crippen molar-refractivity contribution in [3.8, 4) is 0 Å². The summed E-state index contributed by atoms with van der Waals surface area (Å²) in [4.78, 5) is 43.5. The van der Waals surface area contributed by atoms with Gasteiger partial charge < -0.3 is 0 Å². The molecule has 1 aromatic heterocycles. The van der Waals surface area contributed by atoms with Gasteiger partial charge in [0.1, 0.15) is 0 Å². The van der Waals surface area contributed by atoms with Crippen molar-refractivity contribution >= 4 is 47.6 Å². The van der Waals surface area contributed by atoms with Crippen molar-refractivity contribution in [2.75, 3.05) is 20.6 Å². The lowest BCUT2D eigenvalue weighted by atomic mass is 10.1. The Hall–Kier alpha value is -2.88. The SMILES string of the molecule is CN1C(=O)C2C(=NC=[N+]2CC(=O)N/N=C/c2cccs2)N(C)C1=O. The Morgan fingerprint density at radius 1 is 1.46 bits per heavy atom. The summed E-state index contributed by atoms with van der Waals surface area (Å²) in [6.07, 6.45) is 2.94. The van der Waals surface area contributed by atoms with E-state index in [0.717, 1.165) is 9.78 Å². The van der Waals surface area contributed by atoms with E-state index in [1.165, 1.54) is 34.2 Å². The maximum Gasteiger partial charge on any atom is 0.333 e. The molecule has 0 aromatic carbocycles. The number of aliphatic imine (C=N–C) groups is 1. The van der Waals surface area contributed by atoms with Crippen LogP contribution in [0.15, 0.2) is 27.6 Å². The Morgan fingerprint density at radius 2 is 2.25 bits per heavy atom. The number of likely N-dealkylation sites (N-methyl/N-ethyl adjacent to an activating group) is 2. The number of rotatable bonds is 4. The van der Waals surface area contributed by atoms with E-state index in [9.17, 15) is 14.4 Å². The van der Waals surface area contributed by atoms with Gasteiger partial charge in [0.05, 0.1) is 6.21 Å². The molecule has 2 aliphatic heterocycles. The van der Waals surface area contributed by atoms with Crippen molar-refractivity contribution in [2.24, 2.45) is 10.1 Å². The molecule has 1 N–H and O–H groups in total. The molecule has 9 nitrogen and oxygen atoms in total. The quantitative estimate of drug-likeness (QED) is 0.453. The normalized spacial score (nSPS) is 20.3. The summed E-state index contributed by atoms with van der Waals surface area (Å²) < 4.78 is 1.48. The molecule has 0 spiro atoms. The molecule has 1 aromatic rings. The molecule has 1 atom stereocenters. The van der Waals surface area contributed by atoms with E-state index >= 15 is 0 Å². The van der Waals surface area contributed by atoms with Crippen LogP contribution >= 0.6 is 11.3 Å². The summed E-state index contributed by atoms with van der Waals surface area (Å²) in [6, 6.07) is 2.53. The number of urea groups is 1. The third-order valence-corrected chi connectivity index (χ3v) is 4.45. The van der Waals surface area contributed by atoms with Crippen LogP contribution in [0.3, 0.4) is 0 Å². The first-order valence-electron chi connectivity index (χ1n) is 7.06. The summed E-state index contributed by atoms with van der Waals surface area (Å²) in [5.41, 5.74) is 2.41. The fourth-order valence-corrected chi connectivity index (χ4v) is 2.99. The number of carbonyl (C=O) groups is 3. The van der Waals surface area contributed by atoms with Crippen LogP contribution in [-0.2, 0) is 9.59 Å². The zero-order valence-corrected chi connectivity index (χ0v) is 13.9. The molecule has 0 saturated carbocycles. The summed E-state index contributed by atoms with van der Waals surface area (Å²) >= 11 is 1.50. The van der Waals surface area contributed by atoms with Gasteiger partial charge in [-0.1, -0.05) is 6.07 Å². The number of amidine groups is 1. The van der Waals surface area contributed by atoms with Crippen molar-refractivity contribution < 1.29 is 19.0 Å². The average molecular weight is 347 g/mol. The summed E-state index contributed by atoms with van der Waals surface area (Å²) in [6.45, 7) is -0.0962. The average Bonchev–Trinajstić information content (AvgIpc) is 3.21. The highest BCUT2D eigenvalue weighted by molar-refractivity contribution is 7.11. The first kappa shape index (κ1) is 16.0. The molecule has 1 unspecified atom stereocenters. The Bertz CT molecular complexity index is 782. The molecule has 0 aliphatic carbocycles. The van der Waals surface area contributed by atoms with Crippen LogP contribution in [0.5, 0.6) is 0 Å². The molecule has 0 bridgehead atoms. The van der Waals surface area contributed by atoms with E-state index in [1.54, 1.807) is 13.3 Å². The van der Waals surface area contributed by atoms with Crippen molar-refractivity contribution in [3.63, 3.8) is 0 Å². The second-order valence-electron chi connectivity index (χ2n) is 5.23. The number of nitrogens with one attached hydrogen (secondary N) is 1. The second kappa shape index (κ2) is 6.32. The van der Waals surface area contributed by atoms with Crippen LogP contribution in [0.4, 0.5) is 4.79 Å². The van der Waals surface area contributed by atoms with Crippen LogP contribution in [-0.4, -0.2) is 77.3 Å². The highest BCUT2D eigenvalue weighted by Crippen LogP contribution is 2.16. The standard InChI is InChI=1S/C14H14N6O3S/c1-18-12-11(13(22)19(2)14(18)23)20(8-15-12)7-10(21)17-16-6-9-4-3-5-24-9/h3-6,8,11H,7H2,1-2H3/p+1/b16-6+. The van der Waals surface area contributed by atoms with E-state index in [0.29, 0.717) is 5.84 Å². The van der Waals surface area contributed by atoms with Crippen molar-refractivity contribution in [1.82, 2.24) is 15.2 Å². The van der Waals surface area contributed by atoms with Crippen LogP contribution < -0.4 is 5.43 Å². The first-order valence-corrected chi connectivity index (χ1v) is 7.94. The predicted octanol–water partition coefficient (Wildman–Crippen LogP) is -0.456. The molecule has 1 saturated heterocycles. The largest absolute Gasteiger partial charge is 0.333 e. The Balaban J connectivity index is 1.63. The lowest BCUT2D eigenvalue weighted by Gasteiger charge is -2.30. The lowest BCUT2D eigenvalue weighted by molar-refractivity contribution is -0.519. The van der Waals surface area contributed by atoms with Gasteiger partial charge >= 0.3 is 6.03 Å². The molecular formula is C14H15N6O3S+. The fraction of sp³-hybridized carbons (Fsp3) is 0.286. The molecular weight excluding hydrogens is 332 g/mol. The third-order valence-electron chi connectivity index (χ3n) is 3.65. The molecule has 3 heterocycles. The molecule has 3 rings (SSSR count). The molecule has 24 heavy (non-hydrogen) atoms. The topological polar surface area (TPSA) is 97.4 Å². The van der Waals surface area contributed by atoms with E-state index in [4.69, 9.17) is 0 Å². The predicted molar refractivity (Wildman–Crippen MR) is 88.4 cm³/mol. The number of thiophene rings is 1. The van der Waals surface area contributed by atoms with E-state index in [1.807, 2.05) is 17.5 Å². The minimum Gasteiger partial charge on any atom is -0.269 e. The van der Waals surface area contributed by atoms with Crippen molar-refractivity contribution in [3.05, 3.63) is 22.4 Å². The fourth-order valence-electron chi connectivity index (χ4n) is 2.41. The van der Waals surface area contributed by atoms with Gasteiger partial charge in [-0.15, -0.1) is 11.3 Å². The van der Waals surface area contributed by atoms with Crippen LogP contribution in [0.1, 0.15) is 4.88 Å². The van der Waals surface area contributed by atoms with Gasteiger partial charge in [0.25, 0.3) is 30.0 Å². The number of hydrazone groups is 1. The van der Waals surface area contributed by atoms with Gasteiger partial charge in [-0.2, -0.15) is 5.10 Å². The number of hydrogen-bond donors (Lipinski definition) is 1. The van der Waals surface area contributed by atoms with E-state index in [-0.39, 0.29) is 12.5 Å². The maximum atomic E-state index is 12.3. The van der Waals surface area contributed by atoms with Gasteiger partial charge in [0.2, 0.25) is 0 Å². The highest BCUT2D eigenvalue weighted by Gasteiger charge is 2.50. The molecule has 4 amide bonds. The Labute approximate surface area is 141 Å². The van der Waals surface area contributed by atoms with Gasteiger partial charge in [-0.05, 0) is 16.4 Å². The lowest BCUT2D eigenvalue weighted by Crippen LogP contribution is -2.61. The van der Waals surface area contributed by atoms with E-state index in [2.05, 4.69) is 15.5 Å². The molecule has 2 aliphatic rings. The smallest absolute Gasteiger partial charge is 0.269 e. The minimum absolute atomic E-state index is 0.0962. The number of amides is 4. The monoisotopic (exact) mass is 347 g/mol. The van der Waals surface area contributed by atoms with Crippen molar-refractivity contribution in [1.29, 1.82) is 0 Å². The van der Waals surface area contributed by atoms with Crippen LogP contribution in [0, 0.1) is 0 Å². The van der Waals surface area contributed by atoms with Crippen LogP contribution in [0.2, 0.25) is 0 Å².